The number of pyridine rings is 1. The fourth-order valence-corrected chi connectivity index (χ4v) is 4.65. The number of fused-ring (bicyclic) bond motifs is 1. The second kappa shape index (κ2) is 8.20. The molecule has 2 atom stereocenters. The molecule has 2 heterocycles. The zero-order chi connectivity index (χ0) is 20.5. The summed E-state index contributed by atoms with van der Waals surface area (Å²) in [6.07, 6.45) is 7.35. The Bertz CT molecular complexity index is 1070. The first-order valence-corrected chi connectivity index (χ1v) is 11.3. The van der Waals surface area contributed by atoms with E-state index in [1.165, 1.54) is 0 Å². The summed E-state index contributed by atoms with van der Waals surface area (Å²) >= 11 is 1.55. The predicted octanol–water partition coefficient (Wildman–Crippen LogP) is 4.09. The van der Waals surface area contributed by atoms with E-state index in [9.17, 15) is 9.90 Å². The van der Waals surface area contributed by atoms with Crippen LogP contribution < -0.4 is 15.4 Å². The van der Waals surface area contributed by atoms with Gasteiger partial charge >= 0.3 is 0 Å². The number of nitrogens with one attached hydrogen (secondary N) is 2. The molecular weight excluding hydrogens is 400 g/mol. The van der Waals surface area contributed by atoms with E-state index in [0.717, 1.165) is 53.9 Å². The number of carbonyl (C=O) groups is 1. The largest absolute Gasteiger partial charge is 0.457 e. The standard InChI is InChI=1S/C22H24N4O3S/c27-19-4-2-1-3-16(19)25-22-26-17-8-7-14(12-20(17)30-22)29-15-9-10-23-18(11-15)21(28)24-13-5-6-13/h7-13,16,19,27H,1-6H2,(H,24,28)(H,25,26)/t16-,19-/m1/s1. The van der Waals surface area contributed by atoms with Crippen molar-refractivity contribution in [2.75, 3.05) is 5.32 Å². The molecule has 30 heavy (non-hydrogen) atoms. The van der Waals surface area contributed by atoms with Crippen LogP contribution in [0.1, 0.15) is 49.0 Å². The lowest BCUT2D eigenvalue weighted by Gasteiger charge is -2.27. The second-order valence-corrected chi connectivity index (χ2v) is 9.01. The molecule has 3 aromatic rings. The topological polar surface area (TPSA) is 96.4 Å². The Morgan fingerprint density at radius 2 is 1.93 bits per heavy atom. The minimum absolute atomic E-state index is 0.0621. The number of rotatable bonds is 6. The molecule has 0 bridgehead atoms. The Morgan fingerprint density at radius 3 is 2.77 bits per heavy atom. The van der Waals surface area contributed by atoms with Crippen LogP contribution in [0.4, 0.5) is 5.13 Å². The summed E-state index contributed by atoms with van der Waals surface area (Å²) in [5, 5.41) is 17.3. The fourth-order valence-electron chi connectivity index (χ4n) is 3.69. The van der Waals surface area contributed by atoms with Gasteiger partial charge in [-0.3, -0.25) is 9.78 Å². The summed E-state index contributed by atoms with van der Waals surface area (Å²) in [6, 6.07) is 9.48. The molecule has 0 spiro atoms. The van der Waals surface area contributed by atoms with Crippen LogP contribution in [-0.4, -0.2) is 39.2 Å². The summed E-state index contributed by atoms with van der Waals surface area (Å²) < 4.78 is 6.97. The van der Waals surface area contributed by atoms with Gasteiger partial charge in [0.05, 0.1) is 22.4 Å². The van der Waals surface area contributed by atoms with Gasteiger partial charge in [0.2, 0.25) is 0 Å². The number of hydrogen-bond donors (Lipinski definition) is 3. The van der Waals surface area contributed by atoms with Crippen LogP contribution in [-0.2, 0) is 0 Å². The number of carbonyl (C=O) groups excluding carboxylic acids is 1. The Morgan fingerprint density at radius 1 is 1.10 bits per heavy atom. The Kier molecular flexibility index (Phi) is 5.26. The van der Waals surface area contributed by atoms with Crippen LogP contribution in [0.15, 0.2) is 36.5 Å². The van der Waals surface area contributed by atoms with Gasteiger partial charge in [0.1, 0.15) is 17.2 Å². The van der Waals surface area contributed by atoms with Crippen molar-refractivity contribution < 1.29 is 14.6 Å². The van der Waals surface area contributed by atoms with Crippen LogP contribution in [0.2, 0.25) is 0 Å². The van der Waals surface area contributed by atoms with E-state index < -0.39 is 0 Å². The van der Waals surface area contributed by atoms with Gasteiger partial charge in [-0.15, -0.1) is 0 Å². The molecular formula is C22H24N4O3S. The first-order valence-electron chi connectivity index (χ1n) is 10.4. The maximum atomic E-state index is 12.2. The average molecular weight is 425 g/mol. The molecule has 0 aliphatic heterocycles. The van der Waals surface area contributed by atoms with Gasteiger partial charge in [-0.1, -0.05) is 24.2 Å². The van der Waals surface area contributed by atoms with Crippen LogP contribution in [0.5, 0.6) is 11.5 Å². The van der Waals surface area contributed by atoms with E-state index >= 15 is 0 Å². The van der Waals surface area contributed by atoms with Crippen molar-refractivity contribution in [2.24, 2.45) is 0 Å². The van der Waals surface area contributed by atoms with Gasteiger partial charge in [0.15, 0.2) is 5.13 Å². The maximum Gasteiger partial charge on any atom is 0.270 e. The molecule has 8 heteroatoms. The maximum absolute atomic E-state index is 12.2. The molecule has 2 aliphatic rings. The van der Waals surface area contributed by atoms with Crippen molar-refractivity contribution in [1.82, 2.24) is 15.3 Å². The molecule has 2 fully saturated rings. The van der Waals surface area contributed by atoms with Gasteiger partial charge < -0.3 is 20.5 Å². The number of aliphatic hydroxyl groups excluding tert-OH is 1. The highest BCUT2D eigenvalue weighted by molar-refractivity contribution is 7.22. The minimum Gasteiger partial charge on any atom is -0.457 e. The third kappa shape index (κ3) is 4.39. The smallest absolute Gasteiger partial charge is 0.270 e. The summed E-state index contributed by atoms with van der Waals surface area (Å²) in [6.45, 7) is 0. The number of nitrogens with zero attached hydrogens (tertiary/aromatic N) is 2. The van der Waals surface area contributed by atoms with Gasteiger partial charge in [0.25, 0.3) is 5.91 Å². The average Bonchev–Trinajstić information content (AvgIpc) is 3.47. The van der Waals surface area contributed by atoms with E-state index in [0.29, 0.717) is 17.2 Å². The number of hydrogen-bond acceptors (Lipinski definition) is 7. The van der Waals surface area contributed by atoms with E-state index in [-0.39, 0.29) is 24.1 Å². The van der Waals surface area contributed by atoms with Crippen LogP contribution in [0.25, 0.3) is 10.2 Å². The molecule has 156 valence electrons. The molecule has 2 aromatic heterocycles. The van der Waals surface area contributed by atoms with Gasteiger partial charge in [-0.2, -0.15) is 0 Å². The van der Waals surface area contributed by atoms with Crippen LogP contribution in [0.3, 0.4) is 0 Å². The zero-order valence-corrected chi connectivity index (χ0v) is 17.3. The number of benzene rings is 1. The number of ether oxygens (including phenoxy) is 1. The first kappa shape index (κ1) is 19.3. The quantitative estimate of drug-likeness (QED) is 0.552. The molecule has 2 aliphatic carbocycles. The van der Waals surface area contributed by atoms with Crippen molar-refractivity contribution in [3.63, 3.8) is 0 Å². The van der Waals surface area contributed by atoms with Crippen molar-refractivity contribution in [3.05, 3.63) is 42.2 Å². The van der Waals surface area contributed by atoms with Crippen LogP contribution >= 0.6 is 11.3 Å². The van der Waals surface area contributed by atoms with E-state index in [1.54, 1.807) is 29.7 Å². The highest BCUT2D eigenvalue weighted by Gasteiger charge is 2.25. The van der Waals surface area contributed by atoms with Crippen molar-refractivity contribution >= 4 is 32.6 Å². The zero-order valence-electron chi connectivity index (χ0n) is 16.5. The van der Waals surface area contributed by atoms with Gasteiger partial charge in [0, 0.05) is 24.4 Å². The molecule has 2 saturated carbocycles. The van der Waals surface area contributed by atoms with Gasteiger partial charge in [-0.05, 0) is 43.9 Å². The summed E-state index contributed by atoms with van der Waals surface area (Å²) in [4.78, 5) is 21.0. The van der Waals surface area contributed by atoms with Crippen molar-refractivity contribution in [3.8, 4) is 11.5 Å². The molecule has 0 radical (unpaired) electrons. The number of anilines is 1. The SMILES string of the molecule is O=C(NC1CC1)c1cc(Oc2ccc3nc(N[C@@H]4CCCC[C@H]4O)sc3c2)ccn1. The molecule has 5 rings (SSSR count). The summed E-state index contributed by atoms with van der Waals surface area (Å²) in [7, 11) is 0. The normalized spacial score (nSPS) is 21.4. The van der Waals surface area contributed by atoms with E-state index in [2.05, 4.69) is 20.6 Å². The highest BCUT2D eigenvalue weighted by atomic mass is 32.1. The first-order chi connectivity index (χ1) is 14.6. The molecule has 1 amide bonds. The molecule has 0 unspecified atom stereocenters. The summed E-state index contributed by atoms with van der Waals surface area (Å²) in [5.41, 5.74) is 1.25. The van der Waals surface area contributed by atoms with E-state index in [4.69, 9.17) is 4.74 Å². The lowest BCUT2D eigenvalue weighted by Crippen LogP contribution is -2.36. The Labute approximate surface area is 178 Å². The molecule has 1 aromatic carbocycles. The molecule has 7 nitrogen and oxygen atoms in total. The Hall–Kier alpha value is -2.71. The molecule has 0 saturated heterocycles. The molecule has 3 N–H and O–H groups in total. The Balaban J connectivity index is 1.30. The van der Waals surface area contributed by atoms with Crippen molar-refractivity contribution in [1.29, 1.82) is 0 Å². The number of thiazole rings is 1. The summed E-state index contributed by atoms with van der Waals surface area (Å²) in [5.74, 6) is 1.08. The highest BCUT2D eigenvalue weighted by Crippen LogP contribution is 2.33. The number of aliphatic hydroxyl groups is 1. The van der Waals surface area contributed by atoms with Gasteiger partial charge in [-0.25, -0.2) is 4.98 Å². The number of aromatic nitrogens is 2. The monoisotopic (exact) mass is 424 g/mol. The minimum atomic E-state index is -0.317. The van der Waals surface area contributed by atoms with Crippen LogP contribution in [0, 0.1) is 0 Å². The van der Waals surface area contributed by atoms with E-state index in [1.807, 2.05) is 18.2 Å². The predicted molar refractivity (Wildman–Crippen MR) is 116 cm³/mol. The lowest BCUT2D eigenvalue weighted by molar-refractivity contribution is 0.0945. The fraction of sp³-hybridized carbons (Fsp3) is 0.409. The lowest BCUT2D eigenvalue weighted by atomic mass is 9.93. The second-order valence-electron chi connectivity index (χ2n) is 7.98. The number of amides is 1. The van der Waals surface area contributed by atoms with Crippen molar-refractivity contribution in [2.45, 2.75) is 56.7 Å². The third-order valence-electron chi connectivity index (χ3n) is 5.51. The third-order valence-corrected chi connectivity index (χ3v) is 6.46.